The first-order valence-electron chi connectivity index (χ1n) is 6.36. The van der Waals surface area contributed by atoms with Crippen molar-refractivity contribution in [3.8, 4) is 0 Å². The molecule has 0 aliphatic heterocycles. The Morgan fingerprint density at radius 3 is 2.88 bits per heavy atom. The molecular weight excluding hydrogens is 200 g/mol. The Kier molecular flexibility index (Phi) is 6.16. The highest BCUT2D eigenvalue weighted by Crippen LogP contribution is 2.19. The van der Waals surface area contributed by atoms with Crippen molar-refractivity contribution in [1.82, 2.24) is 10.6 Å². The Labute approximate surface area is 98.7 Å². The van der Waals surface area contributed by atoms with Gasteiger partial charge in [-0.05, 0) is 32.1 Å². The van der Waals surface area contributed by atoms with E-state index in [1.54, 1.807) is 0 Å². The van der Waals surface area contributed by atoms with E-state index in [1.807, 2.05) is 13.8 Å². The zero-order valence-corrected chi connectivity index (χ0v) is 10.5. The van der Waals surface area contributed by atoms with Crippen molar-refractivity contribution in [3.63, 3.8) is 0 Å². The summed E-state index contributed by atoms with van der Waals surface area (Å²) in [6, 6.07) is 0.367. The number of hydrogen-bond acceptors (Lipinski definition) is 2. The third-order valence-electron chi connectivity index (χ3n) is 2.82. The van der Waals surface area contributed by atoms with Crippen LogP contribution in [0.2, 0.25) is 0 Å². The van der Waals surface area contributed by atoms with Gasteiger partial charge in [0.2, 0.25) is 5.91 Å². The second-order valence-corrected chi connectivity index (χ2v) is 4.74. The second-order valence-electron chi connectivity index (χ2n) is 4.74. The maximum absolute atomic E-state index is 11.4. The fourth-order valence-electron chi connectivity index (χ4n) is 1.85. The monoisotopic (exact) mass is 224 g/mol. The summed E-state index contributed by atoms with van der Waals surface area (Å²) in [6.07, 6.45) is 8.44. The molecule has 2 N–H and O–H groups in total. The number of rotatable bonds is 6. The van der Waals surface area contributed by atoms with Gasteiger partial charge >= 0.3 is 0 Å². The molecule has 0 atom stereocenters. The SMILES string of the molecule is CC(C)NCC(=O)NCCC1=CCCCC1. The summed E-state index contributed by atoms with van der Waals surface area (Å²) in [5.74, 6) is 0.102. The molecule has 0 aromatic heterocycles. The van der Waals surface area contributed by atoms with Crippen LogP contribution in [0.1, 0.15) is 46.0 Å². The zero-order valence-electron chi connectivity index (χ0n) is 10.5. The molecule has 0 aromatic carbocycles. The Balaban J connectivity index is 2.05. The van der Waals surface area contributed by atoms with Crippen LogP contribution in [0.25, 0.3) is 0 Å². The average molecular weight is 224 g/mol. The predicted octanol–water partition coefficient (Wildman–Crippen LogP) is 1.99. The molecule has 0 heterocycles. The Hall–Kier alpha value is -0.830. The van der Waals surface area contributed by atoms with E-state index in [0.29, 0.717) is 12.6 Å². The van der Waals surface area contributed by atoms with Crippen LogP contribution in [0.5, 0.6) is 0 Å². The van der Waals surface area contributed by atoms with Gasteiger partial charge in [0, 0.05) is 12.6 Å². The van der Waals surface area contributed by atoms with Gasteiger partial charge in [0.1, 0.15) is 0 Å². The molecule has 0 saturated carbocycles. The highest BCUT2D eigenvalue weighted by atomic mass is 16.1. The average Bonchev–Trinajstić information content (AvgIpc) is 2.28. The quantitative estimate of drug-likeness (QED) is 0.677. The van der Waals surface area contributed by atoms with E-state index in [4.69, 9.17) is 0 Å². The molecule has 16 heavy (non-hydrogen) atoms. The van der Waals surface area contributed by atoms with Gasteiger partial charge in [-0.1, -0.05) is 25.5 Å². The lowest BCUT2D eigenvalue weighted by atomic mass is 9.97. The van der Waals surface area contributed by atoms with E-state index >= 15 is 0 Å². The summed E-state index contributed by atoms with van der Waals surface area (Å²) in [6.45, 7) is 5.29. The molecule has 0 unspecified atom stereocenters. The van der Waals surface area contributed by atoms with Crippen molar-refractivity contribution in [3.05, 3.63) is 11.6 Å². The van der Waals surface area contributed by atoms with Gasteiger partial charge in [0.05, 0.1) is 6.54 Å². The maximum atomic E-state index is 11.4. The van der Waals surface area contributed by atoms with E-state index in [0.717, 1.165) is 13.0 Å². The van der Waals surface area contributed by atoms with Crippen LogP contribution in [-0.2, 0) is 4.79 Å². The highest BCUT2D eigenvalue weighted by molar-refractivity contribution is 5.77. The molecule has 1 rings (SSSR count). The number of amides is 1. The Bertz CT molecular complexity index is 246. The Morgan fingerprint density at radius 2 is 2.25 bits per heavy atom. The van der Waals surface area contributed by atoms with E-state index in [-0.39, 0.29) is 5.91 Å². The summed E-state index contributed by atoms with van der Waals surface area (Å²) in [5, 5.41) is 6.05. The summed E-state index contributed by atoms with van der Waals surface area (Å²) in [5.41, 5.74) is 1.52. The van der Waals surface area contributed by atoms with E-state index in [9.17, 15) is 4.79 Å². The van der Waals surface area contributed by atoms with Gasteiger partial charge in [0.25, 0.3) is 0 Å². The smallest absolute Gasteiger partial charge is 0.233 e. The first-order chi connectivity index (χ1) is 7.68. The lowest BCUT2D eigenvalue weighted by molar-refractivity contribution is -0.120. The number of hydrogen-bond donors (Lipinski definition) is 2. The van der Waals surface area contributed by atoms with E-state index in [1.165, 1.54) is 31.3 Å². The lowest BCUT2D eigenvalue weighted by Gasteiger charge is -2.13. The van der Waals surface area contributed by atoms with Crippen molar-refractivity contribution in [1.29, 1.82) is 0 Å². The molecule has 0 spiro atoms. The van der Waals surface area contributed by atoms with Gasteiger partial charge in [-0.15, -0.1) is 0 Å². The number of allylic oxidation sites excluding steroid dienone is 1. The van der Waals surface area contributed by atoms with Gasteiger partial charge in [0.15, 0.2) is 0 Å². The van der Waals surface area contributed by atoms with Gasteiger partial charge in [-0.25, -0.2) is 0 Å². The zero-order chi connectivity index (χ0) is 11.8. The third kappa shape index (κ3) is 5.91. The molecule has 0 bridgehead atoms. The van der Waals surface area contributed by atoms with Gasteiger partial charge in [-0.3, -0.25) is 4.79 Å². The van der Waals surface area contributed by atoms with Crippen LogP contribution in [0.4, 0.5) is 0 Å². The fourth-order valence-corrected chi connectivity index (χ4v) is 1.85. The van der Waals surface area contributed by atoms with Gasteiger partial charge in [-0.2, -0.15) is 0 Å². The maximum Gasteiger partial charge on any atom is 0.233 e. The molecule has 1 aliphatic carbocycles. The molecule has 1 aliphatic rings. The molecule has 0 aromatic rings. The van der Waals surface area contributed by atoms with Crippen molar-refractivity contribution >= 4 is 5.91 Å². The van der Waals surface area contributed by atoms with Crippen LogP contribution in [0, 0.1) is 0 Å². The van der Waals surface area contributed by atoms with Gasteiger partial charge < -0.3 is 10.6 Å². The molecule has 0 radical (unpaired) electrons. The van der Waals surface area contributed by atoms with Crippen molar-refractivity contribution < 1.29 is 4.79 Å². The van der Waals surface area contributed by atoms with Crippen molar-refractivity contribution in [2.24, 2.45) is 0 Å². The minimum absolute atomic E-state index is 0.102. The third-order valence-corrected chi connectivity index (χ3v) is 2.82. The van der Waals surface area contributed by atoms with E-state index in [2.05, 4.69) is 16.7 Å². The first kappa shape index (κ1) is 13.2. The highest BCUT2D eigenvalue weighted by Gasteiger charge is 2.05. The number of carbonyl (C=O) groups is 1. The lowest BCUT2D eigenvalue weighted by Crippen LogP contribution is -2.37. The molecular formula is C13H24N2O. The minimum atomic E-state index is 0.102. The van der Waals surface area contributed by atoms with Crippen LogP contribution < -0.4 is 10.6 Å². The first-order valence-corrected chi connectivity index (χ1v) is 6.36. The normalized spacial score (nSPS) is 16.1. The second kappa shape index (κ2) is 7.44. The molecule has 92 valence electrons. The van der Waals surface area contributed by atoms with Crippen LogP contribution in [0.15, 0.2) is 11.6 Å². The number of nitrogens with one attached hydrogen (secondary N) is 2. The summed E-state index contributed by atoms with van der Waals surface area (Å²) in [4.78, 5) is 11.4. The fraction of sp³-hybridized carbons (Fsp3) is 0.769. The number of carbonyl (C=O) groups excluding carboxylic acids is 1. The van der Waals surface area contributed by atoms with Crippen molar-refractivity contribution in [2.45, 2.75) is 52.0 Å². The molecule has 1 amide bonds. The van der Waals surface area contributed by atoms with Crippen molar-refractivity contribution in [2.75, 3.05) is 13.1 Å². The Morgan fingerprint density at radius 1 is 1.44 bits per heavy atom. The topological polar surface area (TPSA) is 41.1 Å². The van der Waals surface area contributed by atoms with Crippen LogP contribution in [-0.4, -0.2) is 25.0 Å². The molecule has 3 heteroatoms. The molecule has 0 saturated heterocycles. The largest absolute Gasteiger partial charge is 0.355 e. The summed E-state index contributed by atoms with van der Waals surface area (Å²) >= 11 is 0. The summed E-state index contributed by atoms with van der Waals surface area (Å²) in [7, 11) is 0. The van der Waals surface area contributed by atoms with Crippen LogP contribution >= 0.6 is 0 Å². The molecule has 0 fully saturated rings. The van der Waals surface area contributed by atoms with E-state index < -0.39 is 0 Å². The molecule has 3 nitrogen and oxygen atoms in total. The van der Waals surface area contributed by atoms with Crippen LogP contribution in [0.3, 0.4) is 0 Å². The summed E-state index contributed by atoms with van der Waals surface area (Å²) < 4.78 is 0. The minimum Gasteiger partial charge on any atom is -0.355 e. The standard InChI is InChI=1S/C13H24N2O/c1-11(2)15-10-13(16)14-9-8-12-6-4-3-5-7-12/h6,11,15H,3-5,7-10H2,1-2H3,(H,14,16). The predicted molar refractivity (Wildman–Crippen MR) is 67.3 cm³/mol.